The van der Waals surface area contributed by atoms with Crippen molar-refractivity contribution in [1.82, 2.24) is 14.9 Å². The second-order valence-corrected chi connectivity index (χ2v) is 8.62. The van der Waals surface area contributed by atoms with Crippen LogP contribution in [0.3, 0.4) is 0 Å². The van der Waals surface area contributed by atoms with Gasteiger partial charge in [-0.05, 0) is 62.4 Å². The first kappa shape index (κ1) is 20.8. The highest BCUT2D eigenvalue weighted by atomic mass is 15.6. The largest absolute Gasteiger partial charge is 0.399 e. The summed E-state index contributed by atoms with van der Waals surface area (Å²) in [7, 11) is 0. The molecule has 31 heavy (non-hydrogen) atoms. The normalized spacial score (nSPS) is 14.6. The average Bonchev–Trinajstić information content (AvgIpc) is 3.30. The molecule has 2 heterocycles. The number of nitrogens with zero attached hydrogens (tertiary/aromatic N) is 6. The van der Waals surface area contributed by atoms with Gasteiger partial charge in [0, 0.05) is 35.4 Å². The van der Waals surface area contributed by atoms with E-state index in [0.717, 1.165) is 35.8 Å². The van der Waals surface area contributed by atoms with Gasteiger partial charge in [0.1, 0.15) is 5.71 Å². The van der Waals surface area contributed by atoms with Crippen molar-refractivity contribution in [3.05, 3.63) is 54.4 Å². The number of hydrogen-bond acceptors (Lipinski definition) is 6. The summed E-state index contributed by atoms with van der Waals surface area (Å²) in [5.74, 6) is 1.26. The zero-order chi connectivity index (χ0) is 22.2. The summed E-state index contributed by atoms with van der Waals surface area (Å²) < 4.78 is 0. The zero-order valence-corrected chi connectivity index (χ0v) is 18.8. The number of aromatic nitrogens is 3. The Labute approximate surface area is 183 Å². The van der Waals surface area contributed by atoms with Crippen LogP contribution in [0.5, 0.6) is 0 Å². The highest BCUT2D eigenvalue weighted by Crippen LogP contribution is 2.29. The Balaban J connectivity index is 1.74. The van der Waals surface area contributed by atoms with Crippen molar-refractivity contribution >= 4 is 28.5 Å². The Morgan fingerprint density at radius 2 is 1.61 bits per heavy atom. The number of anilines is 2. The molecule has 4 rings (SSSR count). The lowest BCUT2D eigenvalue weighted by Gasteiger charge is -2.21. The molecule has 3 aromatic rings. The molecule has 1 aliphatic rings. The first-order chi connectivity index (χ1) is 14.8. The van der Waals surface area contributed by atoms with Crippen molar-refractivity contribution in [2.24, 2.45) is 15.5 Å². The smallest absolute Gasteiger partial charge is 0.204 e. The van der Waals surface area contributed by atoms with Gasteiger partial charge in [-0.25, -0.2) is 9.98 Å². The molecule has 0 saturated heterocycles. The number of nitrogens with two attached hydrogens (primary N) is 1. The lowest BCUT2D eigenvalue weighted by Crippen LogP contribution is -2.27. The van der Waals surface area contributed by atoms with E-state index < -0.39 is 0 Å². The van der Waals surface area contributed by atoms with Crippen molar-refractivity contribution in [2.75, 3.05) is 23.7 Å². The van der Waals surface area contributed by atoms with E-state index in [1.165, 1.54) is 5.69 Å². The Hall–Kier alpha value is -3.48. The van der Waals surface area contributed by atoms with E-state index in [0.29, 0.717) is 17.3 Å². The van der Waals surface area contributed by atoms with Crippen LogP contribution >= 0.6 is 0 Å². The molecular weight excluding hydrogens is 386 g/mol. The third-order valence-electron chi connectivity index (χ3n) is 5.32. The maximum Gasteiger partial charge on any atom is 0.204 e. The molecule has 0 amide bonds. The number of aliphatic imine (C=N–C) groups is 1. The predicted octanol–water partition coefficient (Wildman–Crippen LogP) is 4.76. The highest BCUT2D eigenvalue weighted by molar-refractivity contribution is 6.50. The van der Waals surface area contributed by atoms with Crippen molar-refractivity contribution in [3.8, 4) is 11.4 Å². The van der Waals surface area contributed by atoms with Gasteiger partial charge in [0.2, 0.25) is 5.82 Å². The summed E-state index contributed by atoms with van der Waals surface area (Å²) >= 11 is 0. The Kier molecular flexibility index (Phi) is 5.35. The van der Waals surface area contributed by atoms with Crippen LogP contribution in [0.25, 0.3) is 11.4 Å². The monoisotopic (exact) mass is 415 g/mol. The molecule has 0 saturated carbocycles. The van der Waals surface area contributed by atoms with Crippen LogP contribution in [-0.4, -0.2) is 39.4 Å². The molecule has 0 spiro atoms. The molecule has 160 valence electrons. The maximum atomic E-state index is 5.81. The Morgan fingerprint density at radius 3 is 2.19 bits per heavy atom. The molecule has 0 unspecified atom stereocenters. The first-order valence-electron chi connectivity index (χ1n) is 10.7. The van der Waals surface area contributed by atoms with Gasteiger partial charge in [0.05, 0.1) is 11.4 Å². The van der Waals surface area contributed by atoms with Gasteiger partial charge >= 0.3 is 0 Å². The summed E-state index contributed by atoms with van der Waals surface area (Å²) in [5.41, 5.74) is 10.9. The molecule has 0 atom stereocenters. The number of nitrogen functional groups attached to an aromatic ring is 1. The molecule has 2 N–H and O–H groups in total. The molecule has 0 radical (unpaired) electrons. The van der Waals surface area contributed by atoms with Crippen LogP contribution in [-0.2, 0) is 0 Å². The molecule has 1 aromatic heterocycles. The summed E-state index contributed by atoms with van der Waals surface area (Å²) in [6, 6.07) is 15.8. The zero-order valence-electron chi connectivity index (χ0n) is 18.8. The van der Waals surface area contributed by atoms with Crippen molar-refractivity contribution in [3.63, 3.8) is 0 Å². The van der Waals surface area contributed by atoms with E-state index in [2.05, 4.69) is 56.8 Å². The fourth-order valence-corrected chi connectivity index (χ4v) is 3.59. The van der Waals surface area contributed by atoms with Gasteiger partial charge in [-0.1, -0.05) is 20.8 Å². The van der Waals surface area contributed by atoms with E-state index in [1.807, 2.05) is 36.4 Å². The van der Waals surface area contributed by atoms with Crippen LogP contribution in [0, 0.1) is 5.41 Å². The van der Waals surface area contributed by atoms with Crippen molar-refractivity contribution < 1.29 is 0 Å². The fraction of sp³-hybridized carbons (Fsp3) is 0.333. The second kappa shape index (κ2) is 7.98. The Morgan fingerprint density at radius 1 is 0.968 bits per heavy atom. The molecule has 2 aromatic carbocycles. The van der Waals surface area contributed by atoms with Gasteiger partial charge in [0.15, 0.2) is 5.82 Å². The Bertz CT molecular complexity index is 1130. The standard InChI is InChI=1S/C24H29N7/c1-6-30(7-2)19-14-12-18(13-15-19)26-20-21(24(3,4)5)28-31-23(20)27-22(29-31)16-8-10-17(25)11-9-16/h8-15H,6-7,25H2,1-5H3/b26-20-. The lowest BCUT2D eigenvalue weighted by atomic mass is 9.87. The van der Waals surface area contributed by atoms with Crippen molar-refractivity contribution in [1.29, 1.82) is 0 Å². The minimum atomic E-state index is -0.191. The van der Waals surface area contributed by atoms with E-state index in [1.54, 1.807) is 4.79 Å². The summed E-state index contributed by atoms with van der Waals surface area (Å²) in [4.78, 5) is 13.6. The van der Waals surface area contributed by atoms with Gasteiger partial charge in [-0.15, -0.1) is 9.89 Å². The predicted molar refractivity (Wildman–Crippen MR) is 128 cm³/mol. The van der Waals surface area contributed by atoms with Gasteiger partial charge < -0.3 is 10.6 Å². The lowest BCUT2D eigenvalue weighted by molar-refractivity contribution is 0.589. The van der Waals surface area contributed by atoms with E-state index >= 15 is 0 Å². The molecular formula is C24H29N7. The summed E-state index contributed by atoms with van der Waals surface area (Å²) in [6.07, 6.45) is 0. The first-order valence-corrected chi connectivity index (χ1v) is 10.7. The molecule has 7 nitrogen and oxygen atoms in total. The summed E-state index contributed by atoms with van der Waals surface area (Å²) in [6.45, 7) is 12.6. The quantitative estimate of drug-likeness (QED) is 0.609. The second-order valence-electron chi connectivity index (χ2n) is 8.62. The van der Waals surface area contributed by atoms with Gasteiger partial charge in [-0.2, -0.15) is 5.10 Å². The molecule has 7 heteroatoms. The van der Waals surface area contributed by atoms with E-state index in [9.17, 15) is 0 Å². The van der Waals surface area contributed by atoms with Crippen molar-refractivity contribution in [2.45, 2.75) is 34.6 Å². The number of hydrogen-bond donors (Lipinski definition) is 1. The average molecular weight is 416 g/mol. The molecule has 0 fully saturated rings. The number of fused-ring (bicyclic) bond motifs is 1. The third kappa shape index (κ3) is 4.08. The fourth-order valence-electron chi connectivity index (χ4n) is 3.59. The third-order valence-corrected chi connectivity index (χ3v) is 5.32. The number of benzene rings is 2. The summed E-state index contributed by atoms with van der Waals surface area (Å²) in [5, 5.41) is 9.33. The number of rotatable bonds is 5. The topological polar surface area (TPSA) is 84.7 Å². The van der Waals surface area contributed by atoms with E-state index in [4.69, 9.17) is 20.8 Å². The van der Waals surface area contributed by atoms with Gasteiger partial charge in [-0.3, -0.25) is 0 Å². The van der Waals surface area contributed by atoms with Crippen LogP contribution in [0.15, 0.2) is 58.6 Å². The van der Waals surface area contributed by atoms with Crippen LogP contribution < -0.4 is 10.6 Å². The van der Waals surface area contributed by atoms with Crippen LogP contribution in [0.2, 0.25) is 0 Å². The minimum Gasteiger partial charge on any atom is -0.399 e. The molecule has 0 aliphatic carbocycles. The SMILES string of the molecule is CCN(CC)c1ccc(/N=C2/C(C(C)(C)C)=Nn3nc(-c4ccc(N)cc4)nc32)cc1. The van der Waals surface area contributed by atoms with Crippen LogP contribution in [0.1, 0.15) is 40.4 Å². The maximum absolute atomic E-state index is 5.81. The van der Waals surface area contributed by atoms with E-state index in [-0.39, 0.29) is 5.41 Å². The minimum absolute atomic E-state index is 0.191. The highest BCUT2D eigenvalue weighted by Gasteiger charge is 2.34. The van der Waals surface area contributed by atoms with Crippen LogP contribution in [0.4, 0.5) is 17.1 Å². The van der Waals surface area contributed by atoms with Gasteiger partial charge in [0.25, 0.3) is 0 Å². The molecule has 1 aliphatic heterocycles. The molecule has 0 bridgehead atoms.